The van der Waals surface area contributed by atoms with Crippen molar-refractivity contribution in [2.24, 2.45) is 0 Å². The smallest absolute Gasteiger partial charge is 0.293 e. The van der Waals surface area contributed by atoms with Crippen LogP contribution in [-0.4, -0.2) is 33.8 Å². The summed E-state index contributed by atoms with van der Waals surface area (Å²) in [4.78, 5) is 27.1. The highest BCUT2D eigenvalue weighted by molar-refractivity contribution is 8.18. The molecule has 1 aliphatic heterocycles. The van der Waals surface area contributed by atoms with Gasteiger partial charge in [0.1, 0.15) is 12.4 Å². The van der Waals surface area contributed by atoms with Crippen LogP contribution in [0.5, 0.6) is 5.75 Å². The van der Waals surface area contributed by atoms with E-state index in [1.165, 1.54) is 4.90 Å². The van der Waals surface area contributed by atoms with Crippen molar-refractivity contribution in [3.8, 4) is 11.4 Å². The van der Waals surface area contributed by atoms with Crippen molar-refractivity contribution in [1.82, 2.24) is 9.47 Å². The van der Waals surface area contributed by atoms with Gasteiger partial charge in [-0.1, -0.05) is 35.3 Å². The quantitative estimate of drug-likeness (QED) is 0.328. The van der Waals surface area contributed by atoms with Crippen LogP contribution in [0.2, 0.25) is 10.0 Å². The Balaban J connectivity index is 1.51. The van der Waals surface area contributed by atoms with E-state index in [-0.39, 0.29) is 24.3 Å². The average molecular weight is 515 g/mol. The maximum atomic E-state index is 13.0. The van der Waals surface area contributed by atoms with Crippen LogP contribution in [0, 0.1) is 27.7 Å². The SMILES string of the molecule is Cc1ccc(C)c(OCCN2C(=O)S/C(=C\c3cc(C)n(-c4cc(Cl)cc(Cl)c4)c3C)C2=O)c1. The molecule has 8 heteroatoms. The third-order valence-electron chi connectivity index (χ3n) is 5.65. The summed E-state index contributed by atoms with van der Waals surface area (Å²) in [5, 5.41) is 0.790. The molecule has 4 rings (SSSR count). The first-order valence-electron chi connectivity index (χ1n) is 10.7. The summed E-state index contributed by atoms with van der Waals surface area (Å²) in [6.07, 6.45) is 1.77. The van der Waals surface area contributed by atoms with Crippen LogP contribution < -0.4 is 4.74 Å². The van der Waals surface area contributed by atoms with E-state index >= 15 is 0 Å². The molecule has 0 aliphatic carbocycles. The molecule has 2 heterocycles. The van der Waals surface area contributed by atoms with Gasteiger partial charge < -0.3 is 9.30 Å². The van der Waals surface area contributed by atoms with Gasteiger partial charge in [0.15, 0.2) is 0 Å². The minimum Gasteiger partial charge on any atom is -0.491 e. The maximum absolute atomic E-state index is 13.0. The monoisotopic (exact) mass is 514 g/mol. The predicted octanol–water partition coefficient (Wildman–Crippen LogP) is 7.13. The van der Waals surface area contributed by atoms with E-state index in [1.807, 2.05) is 68.7 Å². The first-order chi connectivity index (χ1) is 16.1. The molecule has 0 radical (unpaired) electrons. The fraction of sp³-hybridized carbons (Fsp3) is 0.231. The predicted molar refractivity (Wildman–Crippen MR) is 139 cm³/mol. The molecule has 0 saturated carbocycles. The Labute approximate surface area is 213 Å². The Bertz CT molecular complexity index is 1310. The molecule has 176 valence electrons. The zero-order chi connectivity index (χ0) is 24.6. The lowest BCUT2D eigenvalue weighted by molar-refractivity contribution is -0.123. The summed E-state index contributed by atoms with van der Waals surface area (Å²) in [5.74, 6) is 0.450. The highest BCUT2D eigenvalue weighted by atomic mass is 35.5. The van der Waals surface area contributed by atoms with Crippen molar-refractivity contribution in [3.05, 3.63) is 85.5 Å². The number of thioether (sulfide) groups is 1. The summed E-state index contributed by atoms with van der Waals surface area (Å²) in [6, 6.07) is 13.3. The molecule has 1 aliphatic rings. The lowest BCUT2D eigenvalue weighted by Crippen LogP contribution is -2.32. The van der Waals surface area contributed by atoms with E-state index in [2.05, 4.69) is 0 Å². The van der Waals surface area contributed by atoms with Gasteiger partial charge in [-0.05, 0) is 92.6 Å². The lowest BCUT2D eigenvalue weighted by Gasteiger charge is -2.14. The number of aryl methyl sites for hydroxylation is 3. The van der Waals surface area contributed by atoms with Gasteiger partial charge in [0, 0.05) is 27.1 Å². The third-order valence-corrected chi connectivity index (χ3v) is 7.00. The van der Waals surface area contributed by atoms with E-state index in [0.717, 1.165) is 51.3 Å². The Morgan fingerprint density at radius 3 is 2.38 bits per heavy atom. The Morgan fingerprint density at radius 1 is 0.971 bits per heavy atom. The molecule has 1 fully saturated rings. The van der Waals surface area contributed by atoms with E-state index in [9.17, 15) is 9.59 Å². The fourth-order valence-electron chi connectivity index (χ4n) is 3.94. The minimum absolute atomic E-state index is 0.190. The number of nitrogens with zero attached hydrogens (tertiary/aromatic N) is 2. The molecule has 0 N–H and O–H groups in total. The van der Waals surface area contributed by atoms with Gasteiger partial charge in [0.25, 0.3) is 11.1 Å². The normalized spacial score (nSPS) is 15.0. The Hall–Kier alpha value is -2.67. The first kappa shape index (κ1) is 24.5. The van der Waals surface area contributed by atoms with Gasteiger partial charge in [0.05, 0.1) is 11.4 Å². The highest BCUT2D eigenvalue weighted by Crippen LogP contribution is 2.34. The first-order valence-corrected chi connectivity index (χ1v) is 12.3. The number of halogens is 2. The van der Waals surface area contributed by atoms with E-state index in [1.54, 1.807) is 12.1 Å². The van der Waals surface area contributed by atoms with Crippen LogP contribution >= 0.6 is 35.0 Å². The van der Waals surface area contributed by atoms with Crippen LogP contribution in [-0.2, 0) is 4.79 Å². The molecular weight excluding hydrogens is 491 g/mol. The largest absolute Gasteiger partial charge is 0.491 e. The zero-order valence-corrected chi connectivity index (χ0v) is 21.6. The minimum atomic E-state index is -0.310. The van der Waals surface area contributed by atoms with Crippen molar-refractivity contribution in [2.75, 3.05) is 13.2 Å². The van der Waals surface area contributed by atoms with Crippen LogP contribution in [0.1, 0.15) is 28.1 Å². The molecule has 0 unspecified atom stereocenters. The van der Waals surface area contributed by atoms with Gasteiger partial charge >= 0.3 is 0 Å². The molecule has 0 atom stereocenters. The van der Waals surface area contributed by atoms with Gasteiger partial charge in [-0.25, -0.2) is 0 Å². The zero-order valence-electron chi connectivity index (χ0n) is 19.3. The van der Waals surface area contributed by atoms with Crippen molar-refractivity contribution in [1.29, 1.82) is 0 Å². The molecule has 0 bridgehead atoms. The second-order valence-corrected chi connectivity index (χ2v) is 10.1. The second-order valence-electron chi connectivity index (χ2n) is 8.24. The third kappa shape index (κ3) is 5.04. The number of carbonyl (C=O) groups excluding carboxylic acids is 2. The standard InChI is InChI=1S/C26H24Cl2N2O3S/c1-15-5-6-16(2)23(9-15)33-8-7-29-25(31)24(34-26(29)32)11-19-10-17(3)30(18(19)4)22-13-20(27)12-21(28)14-22/h5-6,9-14H,7-8H2,1-4H3/b24-11-. The summed E-state index contributed by atoms with van der Waals surface area (Å²) in [5.41, 5.74) is 5.67. The summed E-state index contributed by atoms with van der Waals surface area (Å²) >= 11 is 13.3. The fourth-order valence-corrected chi connectivity index (χ4v) is 5.31. The molecule has 3 aromatic rings. The van der Waals surface area contributed by atoms with E-state index in [0.29, 0.717) is 15.0 Å². The van der Waals surface area contributed by atoms with Gasteiger partial charge in [0.2, 0.25) is 0 Å². The molecule has 1 saturated heterocycles. The molecule has 1 aromatic heterocycles. The summed E-state index contributed by atoms with van der Waals surface area (Å²) in [6.45, 7) is 8.30. The van der Waals surface area contributed by atoms with Crippen LogP contribution in [0.25, 0.3) is 11.8 Å². The highest BCUT2D eigenvalue weighted by Gasteiger charge is 2.35. The van der Waals surface area contributed by atoms with Crippen LogP contribution in [0.3, 0.4) is 0 Å². The number of hydrogen-bond acceptors (Lipinski definition) is 4. The molecular formula is C26H24Cl2N2O3S. The number of amides is 2. The van der Waals surface area contributed by atoms with E-state index < -0.39 is 0 Å². The Morgan fingerprint density at radius 2 is 1.68 bits per heavy atom. The summed E-state index contributed by atoms with van der Waals surface area (Å²) in [7, 11) is 0. The van der Waals surface area contributed by atoms with Crippen molar-refractivity contribution in [3.63, 3.8) is 0 Å². The maximum Gasteiger partial charge on any atom is 0.293 e. The summed E-state index contributed by atoms with van der Waals surface area (Å²) < 4.78 is 7.86. The molecule has 0 spiro atoms. The molecule has 2 amide bonds. The van der Waals surface area contributed by atoms with Crippen LogP contribution in [0.4, 0.5) is 4.79 Å². The van der Waals surface area contributed by atoms with Crippen LogP contribution in [0.15, 0.2) is 47.4 Å². The number of ether oxygens (including phenoxy) is 1. The number of aromatic nitrogens is 1. The number of hydrogen-bond donors (Lipinski definition) is 0. The van der Waals surface area contributed by atoms with E-state index in [4.69, 9.17) is 27.9 Å². The van der Waals surface area contributed by atoms with Crippen molar-refractivity contribution in [2.45, 2.75) is 27.7 Å². The molecule has 2 aromatic carbocycles. The second kappa shape index (κ2) is 9.90. The topological polar surface area (TPSA) is 51.5 Å². The van der Waals surface area contributed by atoms with Crippen molar-refractivity contribution >= 4 is 52.2 Å². The van der Waals surface area contributed by atoms with Crippen molar-refractivity contribution < 1.29 is 14.3 Å². The lowest BCUT2D eigenvalue weighted by atomic mass is 10.1. The van der Waals surface area contributed by atoms with Gasteiger partial charge in [-0.15, -0.1) is 0 Å². The number of imide groups is 1. The average Bonchev–Trinajstić information content (AvgIpc) is 3.18. The number of rotatable bonds is 6. The molecule has 34 heavy (non-hydrogen) atoms. The number of benzene rings is 2. The molecule has 5 nitrogen and oxygen atoms in total. The van der Waals surface area contributed by atoms with Gasteiger partial charge in [-0.3, -0.25) is 14.5 Å². The van der Waals surface area contributed by atoms with Gasteiger partial charge in [-0.2, -0.15) is 0 Å². The number of carbonyl (C=O) groups is 2. The Kier molecular flexibility index (Phi) is 7.12.